The maximum absolute atomic E-state index is 11.9. The van der Waals surface area contributed by atoms with E-state index in [9.17, 15) is 4.79 Å². The Morgan fingerprint density at radius 3 is 2.46 bits per heavy atom. The molecule has 0 fully saturated rings. The molecule has 0 saturated carbocycles. The number of carbonyl (C=O) groups is 1. The largest absolute Gasteiger partial charge is 0.493 e. The van der Waals surface area contributed by atoms with Gasteiger partial charge >= 0.3 is 5.97 Å². The summed E-state index contributed by atoms with van der Waals surface area (Å²) in [6.45, 7) is 5.05. The molecule has 0 aliphatic heterocycles. The van der Waals surface area contributed by atoms with Gasteiger partial charge in [-0.3, -0.25) is 0 Å². The Kier molecular flexibility index (Phi) is 7.96. The molecule has 140 valence electrons. The van der Waals surface area contributed by atoms with Crippen molar-refractivity contribution in [3.8, 4) is 5.75 Å². The number of carbonyl (C=O) groups excluding carboxylic acids is 1. The Morgan fingerprint density at radius 2 is 1.81 bits per heavy atom. The van der Waals surface area contributed by atoms with Gasteiger partial charge in [-0.15, -0.1) is 0 Å². The lowest BCUT2D eigenvalue weighted by molar-refractivity contribution is -0.156. The van der Waals surface area contributed by atoms with E-state index < -0.39 is 6.10 Å². The van der Waals surface area contributed by atoms with Gasteiger partial charge in [-0.2, -0.15) is 0 Å². The van der Waals surface area contributed by atoms with Gasteiger partial charge in [0.1, 0.15) is 5.75 Å². The van der Waals surface area contributed by atoms with Crippen LogP contribution in [0.15, 0.2) is 48.5 Å². The summed E-state index contributed by atoms with van der Waals surface area (Å²) >= 11 is 0. The topological polar surface area (TPSA) is 70.8 Å². The highest BCUT2D eigenvalue weighted by Crippen LogP contribution is 2.16. The Labute approximate surface area is 155 Å². The van der Waals surface area contributed by atoms with Crippen LogP contribution in [0, 0.1) is 0 Å². The Balaban J connectivity index is 1.85. The summed E-state index contributed by atoms with van der Waals surface area (Å²) in [5.41, 5.74) is 8.69. The summed E-state index contributed by atoms with van der Waals surface area (Å²) in [6.07, 6.45) is 0.702. The standard InChI is InChI=1S/C21H27NO4/c1-3-24-20(21(23)25-4-2)15-17-8-10-19(11-9-17)26-13-12-16-6-5-7-18(22)14-16/h5-11,14,20H,3-4,12-13,15,22H2,1-2H3. The van der Waals surface area contributed by atoms with E-state index in [0.29, 0.717) is 26.2 Å². The minimum absolute atomic E-state index is 0.322. The number of nitrogens with two attached hydrogens (primary N) is 1. The highest BCUT2D eigenvalue weighted by Gasteiger charge is 2.20. The summed E-state index contributed by atoms with van der Waals surface area (Å²) < 4.78 is 16.3. The fourth-order valence-corrected chi connectivity index (χ4v) is 2.62. The molecule has 5 nitrogen and oxygen atoms in total. The zero-order valence-electron chi connectivity index (χ0n) is 15.4. The molecule has 0 aliphatic carbocycles. The molecule has 2 rings (SSSR count). The van der Waals surface area contributed by atoms with Gasteiger partial charge in [0, 0.05) is 25.1 Å². The first kappa shape index (κ1) is 19.8. The number of benzene rings is 2. The molecule has 26 heavy (non-hydrogen) atoms. The number of ether oxygens (including phenoxy) is 3. The third kappa shape index (κ3) is 6.41. The van der Waals surface area contributed by atoms with Crippen molar-refractivity contribution in [3.63, 3.8) is 0 Å². The average molecular weight is 357 g/mol. The number of hydrogen-bond acceptors (Lipinski definition) is 5. The first-order chi connectivity index (χ1) is 12.6. The second-order valence-electron chi connectivity index (χ2n) is 5.89. The van der Waals surface area contributed by atoms with Gasteiger partial charge in [0.15, 0.2) is 6.10 Å². The summed E-state index contributed by atoms with van der Waals surface area (Å²) in [4.78, 5) is 11.9. The molecule has 1 atom stereocenters. The third-order valence-corrected chi connectivity index (χ3v) is 3.87. The molecule has 0 spiro atoms. The van der Waals surface area contributed by atoms with Crippen molar-refractivity contribution in [2.45, 2.75) is 32.8 Å². The lowest BCUT2D eigenvalue weighted by atomic mass is 10.1. The van der Waals surface area contributed by atoms with Crippen LogP contribution in [-0.4, -0.2) is 31.9 Å². The molecule has 2 aromatic rings. The smallest absolute Gasteiger partial charge is 0.335 e. The summed E-state index contributed by atoms with van der Waals surface area (Å²) in [5.74, 6) is 0.471. The number of esters is 1. The Bertz CT molecular complexity index is 685. The van der Waals surface area contributed by atoms with Gasteiger partial charge < -0.3 is 19.9 Å². The van der Waals surface area contributed by atoms with E-state index >= 15 is 0 Å². The van der Waals surface area contributed by atoms with Crippen LogP contribution in [0.1, 0.15) is 25.0 Å². The van der Waals surface area contributed by atoms with Gasteiger partial charge in [-0.25, -0.2) is 4.79 Å². The Morgan fingerprint density at radius 1 is 1.04 bits per heavy atom. The minimum Gasteiger partial charge on any atom is -0.493 e. The summed E-state index contributed by atoms with van der Waals surface area (Å²) in [7, 11) is 0. The molecule has 0 radical (unpaired) electrons. The molecule has 2 aromatic carbocycles. The fraction of sp³-hybridized carbons (Fsp3) is 0.381. The zero-order chi connectivity index (χ0) is 18.8. The van der Waals surface area contributed by atoms with E-state index in [1.165, 1.54) is 0 Å². The molecule has 1 unspecified atom stereocenters. The molecule has 5 heteroatoms. The molecule has 0 aliphatic rings. The summed E-state index contributed by atoms with van der Waals surface area (Å²) in [5, 5.41) is 0. The monoisotopic (exact) mass is 357 g/mol. The molecule has 0 bridgehead atoms. The van der Waals surface area contributed by atoms with Gasteiger partial charge in [0.05, 0.1) is 13.2 Å². The van der Waals surface area contributed by atoms with E-state index in [-0.39, 0.29) is 5.97 Å². The van der Waals surface area contributed by atoms with Crippen molar-refractivity contribution < 1.29 is 19.0 Å². The SMILES string of the molecule is CCOC(=O)C(Cc1ccc(OCCc2cccc(N)c2)cc1)OCC. The van der Waals surface area contributed by atoms with Crippen molar-refractivity contribution in [1.29, 1.82) is 0 Å². The van der Waals surface area contributed by atoms with Crippen LogP contribution in [0.2, 0.25) is 0 Å². The maximum atomic E-state index is 11.9. The van der Waals surface area contributed by atoms with Crippen molar-refractivity contribution >= 4 is 11.7 Å². The van der Waals surface area contributed by atoms with Gasteiger partial charge in [0.25, 0.3) is 0 Å². The second-order valence-corrected chi connectivity index (χ2v) is 5.89. The van der Waals surface area contributed by atoms with Crippen LogP contribution >= 0.6 is 0 Å². The fourth-order valence-electron chi connectivity index (χ4n) is 2.62. The first-order valence-corrected chi connectivity index (χ1v) is 8.96. The molecule has 0 heterocycles. The van der Waals surface area contributed by atoms with Crippen LogP contribution < -0.4 is 10.5 Å². The van der Waals surface area contributed by atoms with E-state index in [0.717, 1.165) is 29.0 Å². The molecular weight excluding hydrogens is 330 g/mol. The quantitative estimate of drug-likeness (QED) is 0.521. The molecular formula is C21H27NO4. The van der Waals surface area contributed by atoms with Crippen LogP contribution in [0.3, 0.4) is 0 Å². The lowest BCUT2D eigenvalue weighted by Crippen LogP contribution is -2.28. The number of anilines is 1. The predicted octanol–water partition coefficient (Wildman–Crippen LogP) is 3.40. The minimum atomic E-state index is -0.574. The van der Waals surface area contributed by atoms with Gasteiger partial charge in [-0.1, -0.05) is 24.3 Å². The molecule has 0 saturated heterocycles. The van der Waals surface area contributed by atoms with Crippen LogP contribution in [0.25, 0.3) is 0 Å². The van der Waals surface area contributed by atoms with E-state index in [1.807, 2.05) is 55.5 Å². The van der Waals surface area contributed by atoms with Crippen LogP contribution in [-0.2, 0) is 27.1 Å². The number of nitrogen functional groups attached to an aromatic ring is 1. The van der Waals surface area contributed by atoms with Crippen LogP contribution in [0.5, 0.6) is 5.75 Å². The maximum Gasteiger partial charge on any atom is 0.335 e. The first-order valence-electron chi connectivity index (χ1n) is 8.96. The number of hydrogen-bond donors (Lipinski definition) is 1. The normalized spacial score (nSPS) is 11.8. The zero-order valence-corrected chi connectivity index (χ0v) is 15.4. The lowest BCUT2D eigenvalue weighted by Gasteiger charge is -2.15. The van der Waals surface area contributed by atoms with E-state index in [1.54, 1.807) is 6.92 Å². The Hall–Kier alpha value is -2.53. The average Bonchev–Trinajstić information content (AvgIpc) is 2.63. The highest BCUT2D eigenvalue weighted by molar-refractivity contribution is 5.75. The third-order valence-electron chi connectivity index (χ3n) is 3.87. The number of rotatable bonds is 10. The van der Waals surface area contributed by atoms with Crippen molar-refractivity contribution in [2.75, 3.05) is 25.6 Å². The van der Waals surface area contributed by atoms with Crippen molar-refractivity contribution in [3.05, 3.63) is 59.7 Å². The second kappa shape index (κ2) is 10.5. The van der Waals surface area contributed by atoms with E-state index in [4.69, 9.17) is 19.9 Å². The van der Waals surface area contributed by atoms with Gasteiger partial charge in [-0.05, 0) is 49.2 Å². The van der Waals surface area contributed by atoms with Gasteiger partial charge in [0.2, 0.25) is 0 Å². The highest BCUT2D eigenvalue weighted by atomic mass is 16.6. The van der Waals surface area contributed by atoms with E-state index in [2.05, 4.69) is 0 Å². The molecule has 0 amide bonds. The van der Waals surface area contributed by atoms with Crippen molar-refractivity contribution in [2.24, 2.45) is 0 Å². The van der Waals surface area contributed by atoms with Crippen LogP contribution in [0.4, 0.5) is 5.69 Å². The molecule has 0 aromatic heterocycles. The summed E-state index contributed by atoms with van der Waals surface area (Å²) in [6, 6.07) is 15.5. The van der Waals surface area contributed by atoms with Crippen molar-refractivity contribution in [1.82, 2.24) is 0 Å². The predicted molar refractivity (Wildman–Crippen MR) is 102 cm³/mol. The molecule has 2 N–H and O–H groups in total.